The molecule has 0 spiro atoms. The molecule has 0 aliphatic carbocycles. The van der Waals surface area contributed by atoms with Crippen molar-refractivity contribution in [3.8, 4) is 5.75 Å². The maximum atomic E-state index is 11.2. The van der Waals surface area contributed by atoms with Gasteiger partial charge in [-0.3, -0.25) is 9.78 Å². The summed E-state index contributed by atoms with van der Waals surface area (Å²) < 4.78 is 5.58. The lowest BCUT2D eigenvalue weighted by Crippen LogP contribution is -2.12. The molecule has 1 heterocycles. The van der Waals surface area contributed by atoms with Crippen LogP contribution >= 0.6 is 23.2 Å². The maximum absolute atomic E-state index is 11.2. The van der Waals surface area contributed by atoms with E-state index < -0.39 is 0 Å². The number of hydrogen-bond donors (Lipinski definition) is 1. The van der Waals surface area contributed by atoms with Crippen LogP contribution in [0.15, 0.2) is 42.6 Å². The van der Waals surface area contributed by atoms with E-state index in [9.17, 15) is 4.79 Å². The number of ether oxygens (including phenoxy) is 1. The molecule has 0 saturated heterocycles. The number of hydrogen-bond acceptors (Lipinski definition) is 3. The second kappa shape index (κ2) is 7.12. The second-order valence-corrected chi connectivity index (χ2v) is 4.61. The summed E-state index contributed by atoms with van der Waals surface area (Å²) in [6.07, 6.45) is 1.70. The number of nitrogens with one attached hydrogen (secondary N) is 1. The van der Waals surface area contributed by atoms with Gasteiger partial charge < -0.3 is 10.1 Å². The number of aromatic nitrogens is 1. The van der Waals surface area contributed by atoms with Crippen LogP contribution < -0.4 is 10.1 Å². The predicted octanol–water partition coefficient (Wildman–Crippen LogP) is 3.49. The molecule has 1 aromatic heterocycles. The molecule has 104 valence electrons. The summed E-state index contributed by atoms with van der Waals surface area (Å²) in [4.78, 5) is 15.3. The van der Waals surface area contributed by atoms with Crippen LogP contribution in [-0.4, -0.2) is 16.8 Å². The summed E-state index contributed by atoms with van der Waals surface area (Å²) in [6, 6.07) is 10.6. The van der Waals surface area contributed by atoms with Gasteiger partial charge in [0, 0.05) is 11.9 Å². The van der Waals surface area contributed by atoms with Gasteiger partial charge in [0.05, 0.1) is 10.7 Å². The first kappa shape index (κ1) is 14.6. The van der Waals surface area contributed by atoms with Gasteiger partial charge in [-0.25, -0.2) is 0 Å². The number of carbonyl (C=O) groups excluding carboxylic acids is 1. The van der Waals surface area contributed by atoms with Gasteiger partial charge >= 0.3 is 0 Å². The minimum atomic E-state index is -0.287. The molecular weight excluding hydrogens is 299 g/mol. The van der Waals surface area contributed by atoms with E-state index in [1.54, 1.807) is 24.4 Å². The Morgan fingerprint density at radius 2 is 2.15 bits per heavy atom. The Bertz CT molecular complexity index is 591. The maximum Gasteiger partial charge on any atom is 0.239 e. The third kappa shape index (κ3) is 4.11. The Morgan fingerprint density at radius 1 is 1.30 bits per heavy atom. The van der Waals surface area contributed by atoms with Crippen molar-refractivity contribution in [2.45, 2.75) is 6.61 Å². The lowest BCUT2D eigenvalue weighted by Gasteiger charge is -2.09. The second-order valence-electron chi connectivity index (χ2n) is 3.94. The summed E-state index contributed by atoms with van der Waals surface area (Å²) in [6.45, 7) is 0.327. The fraction of sp³-hybridized carbons (Fsp3) is 0.143. The number of amides is 1. The minimum absolute atomic E-state index is 0.102. The Hall–Kier alpha value is -1.78. The summed E-state index contributed by atoms with van der Waals surface area (Å²) in [7, 11) is 0. The standard InChI is InChI=1S/C14H12Cl2N2O2/c15-8-14(19)18-10-4-5-13(12(16)7-10)20-9-11-3-1-2-6-17-11/h1-7H,8-9H2,(H,18,19). The Labute approximate surface area is 126 Å². The summed E-state index contributed by atoms with van der Waals surface area (Å²) in [5, 5.41) is 3.02. The van der Waals surface area contributed by atoms with Crippen LogP contribution in [0.4, 0.5) is 5.69 Å². The fourth-order valence-corrected chi connectivity index (χ4v) is 1.83. The van der Waals surface area contributed by atoms with Crippen LogP contribution in [0.1, 0.15) is 5.69 Å². The molecule has 1 amide bonds. The van der Waals surface area contributed by atoms with Gasteiger partial charge in [-0.15, -0.1) is 11.6 Å². The van der Waals surface area contributed by atoms with Crippen LogP contribution in [0.3, 0.4) is 0 Å². The zero-order valence-electron chi connectivity index (χ0n) is 10.5. The van der Waals surface area contributed by atoms with Gasteiger partial charge in [0.15, 0.2) is 0 Å². The first-order valence-electron chi connectivity index (χ1n) is 5.87. The molecule has 0 unspecified atom stereocenters. The third-order valence-electron chi connectivity index (χ3n) is 2.44. The van der Waals surface area contributed by atoms with Crippen molar-refractivity contribution in [1.82, 2.24) is 4.98 Å². The fourth-order valence-electron chi connectivity index (χ4n) is 1.53. The molecule has 1 N–H and O–H groups in total. The molecule has 0 aliphatic rings. The highest BCUT2D eigenvalue weighted by molar-refractivity contribution is 6.32. The van der Waals surface area contributed by atoms with E-state index in [4.69, 9.17) is 27.9 Å². The molecule has 0 saturated carbocycles. The van der Waals surface area contributed by atoms with Gasteiger partial charge in [-0.1, -0.05) is 17.7 Å². The topological polar surface area (TPSA) is 51.2 Å². The number of carbonyl (C=O) groups is 1. The number of pyridine rings is 1. The van der Waals surface area contributed by atoms with E-state index in [1.807, 2.05) is 18.2 Å². The van der Waals surface area contributed by atoms with Crippen molar-refractivity contribution < 1.29 is 9.53 Å². The largest absolute Gasteiger partial charge is 0.486 e. The van der Waals surface area contributed by atoms with Crippen molar-refractivity contribution in [3.05, 3.63) is 53.3 Å². The molecule has 0 aliphatic heterocycles. The molecule has 2 rings (SSSR count). The quantitative estimate of drug-likeness (QED) is 0.860. The molecule has 6 heteroatoms. The predicted molar refractivity (Wildman–Crippen MR) is 79.4 cm³/mol. The average Bonchev–Trinajstić information content (AvgIpc) is 2.47. The van der Waals surface area contributed by atoms with E-state index >= 15 is 0 Å². The average molecular weight is 311 g/mol. The number of rotatable bonds is 5. The normalized spacial score (nSPS) is 10.1. The first-order chi connectivity index (χ1) is 9.69. The molecule has 0 radical (unpaired) electrons. The monoisotopic (exact) mass is 310 g/mol. The highest BCUT2D eigenvalue weighted by Crippen LogP contribution is 2.28. The van der Waals surface area contributed by atoms with E-state index in [2.05, 4.69) is 10.3 Å². The van der Waals surface area contributed by atoms with Crippen LogP contribution in [-0.2, 0) is 11.4 Å². The van der Waals surface area contributed by atoms with E-state index in [-0.39, 0.29) is 11.8 Å². The molecule has 1 aromatic carbocycles. The molecule has 20 heavy (non-hydrogen) atoms. The van der Waals surface area contributed by atoms with Crippen LogP contribution in [0.25, 0.3) is 0 Å². The van der Waals surface area contributed by atoms with Crippen molar-refractivity contribution in [2.75, 3.05) is 11.2 Å². The lowest BCUT2D eigenvalue weighted by atomic mass is 10.3. The zero-order valence-corrected chi connectivity index (χ0v) is 12.0. The summed E-state index contributed by atoms with van der Waals surface area (Å²) in [5.74, 6) is 0.140. The Kier molecular flexibility index (Phi) is 5.21. The summed E-state index contributed by atoms with van der Waals surface area (Å²) in [5.41, 5.74) is 1.38. The number of anilines is 1. The molecule has 0 fully saturated rings. The number of alkyl halides is 1. The molecular formula is C14H12Cl2N2O2. The summed E-state index contributed by atoms with van der Waals surface area (Å²) >= 11 is 11.5. The van der Waals surface area contributed by atoms with E-state index in [0.29, 0.717) is 23.1 Å². The minimum Gasteiger partial charge on any atom is -0.486 e. The van der Waals surface area contributed by atoms with Gasteiger partial charge in [-0.05, 0) is 30.3 Å². The lowest BCUT2D eigenvalue weighted by molar-refractivity contribution is -0.113. The molecule has 2 aromatic rings. The van der Waals surface area contributed by atoms with Gasteiger partial charge in [0.2, 0.25) is 5.91 Å². The van der Waals surface area contributed by atoms with Crippen molar-refractivity contribution in [3.63, 3.8) is 0 Å². The van der Waals surface area contributed by atoms with Crippen molar-refractivity contribution >= 4 is 34.8 Å². The molecule has 0 atom stereocenters. The van der Waals surface area contributed by atoms with E-state index in [0.717, 1.165) is 5.69 Å². The molecule has 0 bridgehead atoms. The Morgan fingerprint density at radius 3 is 2.80 bits per heavy atom. The molecule has 4 nitrogen and oxygen atoms in total. The highest BCUT2D eigenvalue weighted by Gasteiger charge is 2.06. The SMILES string of the molecule is O=C(CCl)Nc1ccc(OCc2ccccn2)c(Cl)c1. The van der Waals surface area contributed by atoms with Crippen molar-refractivity contribution in [1.29, 1.82) is 0 Å². The number of halogens is 2. The van der Waals surface area contributed by atoms with Crippen molar-refractivity contribution in [2.24, 2.45) is 0 Å². The highest BCUT2D eigenvalue weighted by atomic mass is 35.5. The Balaban J connectivity index is 2.01. The van der Waals surface area contributed by atoms with Gasteiger partial charge in [0.1, 0.15) is 18.2 Å². The number of benzene rings is 1. The van der Waals surface area contributed by atoms with Crippen LogP contribution in [0, 0.1) is 0 Å². The smallest absolute Gasteiger partial charge is 0.239 e. The van der Waals surface area contributed by atoms with Crippen LogP contribution in [0.2, 0.25) is 5.02 Å². The number of nitrogens with zero attached hydrogens (tertiary/aromatic N) is 1. The zero-order chi connectivity index (χ0) is 14.4. The first-order valence-corrected chi connectivity index (χ1v) is 6.78. The van der Waals surface area contributed by atoms with E-state index in [1.165, 1.54) is 0 Å². The van der Waals surface area contributed by atoms with Gasteiger partial charge in [-0.2, -0.15) is 0 Å². The van der Waals surface area contributed by atoms with Crippen LogP contribution in [0.5, 0.6) is 5.75 Å². The third-order valence-corrected chi connectivity index (χ3v) is 2.98. The van der Waals surface area contributed by atoms with Gasteiger partial charge in [0.25, 0.3) is 0 Å².